The average molecular weight is 171 g/mol. The first-order valence-corrected chi connectivity index (χ1v) is 3.99. The van der Waals surface area contributed by atoms with Crippen molar-refractivity contribution in [1.29, 1.82) is 0 Å². The summed E-state index contributed by atoms with van der Waals surface area (Å²) in [5.74, 6) is 0. The molecule has 0 saturated carbocycles. The molecule has 0 radical (unpaired) electrons. The molecule has 1 aliphatic carbocycles. The molecule has 1 atom stereocenters. The first-order chi connectivity index (χ1) is 5.07. The average Bonchev–Trinajstić information content (AvgIpc) is 1.95. The number of carbonyl (C=O) groups is 1. The lowest BCUT2D eigenvalue weighted by Crippen LogP contribution is -2.25. The molecule has 11 heavy (non-hydrogen) atoms. The Morgan fingerprint density at radius 1 is 1.73 bits per heavy atom. The summed E-state index contributed by atoms with van der Waals surface area (Å²) >= 11 is 5.48. The van der Waals surface area contributed by atoms with Crippen LogP contribution in [0.15, 0.2) is 23.8 Å². The van der Waals surface area contributed by atoms with Crippen molar-refractivity contribution in [3.05, 3.63) is 23.8 Å². The van der Waals surface area contributed by atoms with Crippen LogP contribution in [0.3, 0.4) is 0 Å². The Morgan fingerprint density at radius 2 is 2.36 bits per heavy atom. The highest BCUT2D eigenvalue weighted by Crippen LogP contribution is 2.35. The van der Waals surface area contributed by atoms with Crippen LogP contribution in [-0.4, -0.2) is 5.24 Å². The second kappa shape index (κ2) is 2.82. The number of hydrogen-bond donors (Lipinski definition) is 0. The van der Waals surface area contributed by atoms with E-state index in [1.807, 2.05) is 32.1 Å². The summed E-state index contributed by atoms with van der Waals surface area (Å²) in [6, 6.07) is 0. The third kappa shape index (κ3) is 1.38. The molecule has 0 heterocycles. The fourth-order valence-electron chi connectivity index (χ4n) is 1.10. The Bertz CT molecular complexity index is 240. The minimum atomic E-state index is -0.462. The van der Waals surface area contributed by atoms with Gasteiger partial charge in [-0.3, -0.25) is 4.79 Å². The second-order valence-corrected chi connectivity index (χ2v) is 3.43. The van der Waals surface area contributed by atoms with E-state index in [9.17, 15) is 4.79 Å². The van der Waals surface area contributed by atoms with Crippen molar-refractivity contribution < 1.29 is 4.79 Å². The largest absolute Gasteiger partial charge is 0.280 e. The lowest BCUT2D eigenvalue weighted by atomic mass is 9.78. The van der Waals surface area contributed by atoms with Gasteiger partial charge in [-0.1, -0.05) is 23.8 Å². The first kappa shape index (κ1) is 8.54. The highest BCUT2D eigenvalue weighted by Gasteiger charge is 2.33. The van der Waals surface area contributed by atoms with Crippen LogP contribution in [-0.2, 0) is 4.79 Å². The molecule has 1 rings (SSSR count). The molecule has 0 aromatic carbocycles. The van der Waals surface area contributed by atoms with E-state index in [1.165, 1.54) is 0 Å². The first-order valence-electron chi connectivity index (χ1n) is 3.61. The molecule has 0 aliphatic heterocycles. The smallest absolute Gasteiger partial charge is 0.231 e. The molecule has 1 aliphatic rings. The topological polar surface area (TPSA) is 17.1 Å². The van der Waals surface area contributed by atoms with Gasteiger partial charge in [0, 0.05) is 0 Å². The molecule has 0 N–H and O–H groups in total. The van der Waals surface area contributed by atoms with E-state index >= 15 is 0 Å². The lowest BCUT2D eigenvalue weighted by molar-refractivity contribution is -0.118. The third-order valence-corrected chi connectivity index (χ3v) is 2.73. The van der Waals surface area contributed by atoms with Gasteiger partial charge in [0.1, 0.15) is 0 Å². The number of hydrogen-bond acceptors (Lipinski definition) is 1. The van der Waals surface area contributed by atoms with Gasteiger partial charge in [0.2, 0.25) is 5.24 Å². The predicted octanol–water partition coefficient (Wildman–Crippen LogP) is 2.66. The molecular weight excluding hydrogens is 160 g/mol. The van der Waals surface area contributed by atoms with E-state index in [4.69, 9.17) is 11.6 Å². The predicted molar refractivity (Wildman–Crippen MR) is 46.5 cm³/mol. The van der Waals surface area contributed by atoms with Crippen molar-refractivity contribution in [2.75, 3.05) is 0 Å². The van der Waals surface area contributed by atoms with Crippen LogP contribution in [0, 0.1) is 5.41 Å². The van der Waals surface area contributed by atoms with Crippen LogP contribution in [0.4, 0.5) is 0 Å². The highest BCUT2D eigenvalue weighted by atomic mass is 35.5. The van der Waals surface area contributed by atoms with E-state index in [1.54, 1.807) is 0 Å². The van der Waals surface area contributed by atoms with Crippen molar-refractivity contribution >= 4 is 16.8 Å². The second-order valence-electron chi connectivity index (χ2n) is 3.09. The summed E-state index contributed by atoms with van der Waals surface area (Å²) in [7, 11) is 0. The molecule has 0 bridgehead atoms. The molecule has 2 heteroatoms. The molecule has 0 spiro atoms. The van der Waals surface area contributed by atoms with Gasteiger partial charge in [-0.25, -0.2) is 0 Å². The Kier molecular flexibility index (Phi) is 2.19. The zero-order valence-corrected chi connectivity index (χ0v) is 7.48. The molecule has 0 amide bonds. The van der Waals surface area contributed by atoms with E-state index in [0.29, 0.717) is 0 Å². The van der Waals surface area contributed by atoms with Gasteiger partial charge in [0.25, 0.3) is 0 Å². The van der Waals surface area contributed by atoms with Gasteiger partial charge in [0.15, 0.2) is 0 Å². The Hall–Kier alpha value is -0.560. The fourth-order valence-corrected chi connectivity index (χ4v) is 1.32. The molecule has 0 saturated heterocycles. The van der Waals surface area contributed by atoms with E-state index < -0.39 is 5.41 Å². The number of rotatable bonds is 1. The van der Waals surface area contributed by atoms with Crippen LogP contribution in [0.1, 0.15) is 20.3 Å². The van der Waals surface area contributed by atoms with Crippen molar-refractivity contribution in [1.82, 2.24) is 0 Å². The van der Waals surface area contributed by atoms with Crippen molar-refractivity contribution in [3.8, 4) is 0 Å². The summed E-state index contributed by atoms with van der Waals surface area (Å²) in [4.78, 5) is 11.0. The zero-order valence-electron chi connectivity index (χ0n) is 6.73. The van der Waals surface area contributed by atoms with Gasteiger partial charge in [-0.05, 0) is 31.9 Å². The van der Waals surface area contributed by atoms with Crippen LogP contribution < -0.4 is 0 Å². The molecule has 0 fully saturated rings. The molecule has 1 unspecified atom stereocenters. The molecule has 0 aromatic heterocycles. The van der Waals surface area contributed by atoms with Gasteiger partial charge in [-0.2, -0.15) is 0 Å². The van der Waals surface area contributed by atoms with Crippen molar-refractivity contribution in [3.63, 3.8) is 0 Å². The monoisotopic (exact) mass is 170 g/mol. The standard InChI is InChI=1S/C9H11ClO/c1-7-5-3-4-6-9(7,2)8(10)11/h3-5H,6H2,1-2H3. The zero-order chi connectivity index (χ0) is 8.48. The Morgan fingerprint density at radius 3 is 2.73 bits per heavy atom. The molecular formula is C9H11ClO. The molecule has 0 aromatic rings. The summed E-state index contributed by atoms with van der Waals surface area (Å²) in [6.07, 6.45) is 6.58. The minimum absolute atomic E-state index is 0.268. The summed E-state index contributed by atoms with van der Waals surface area (Å²) < 4.78 is 0. The van der Waals surface area contributed by atoms with Crippen molar-refractivity contribution in [2.45, 2.75) is 20.3 Å². The lowest BCUT2D eigenvalue weighted by Gasteiger charge is -2.26. The van der Waals surface area contributed by atoms with Gasteiger partial charge in [-0.15, -0.1) is 0 Å². The van der Waals surface area contributed by atoms with E-state index in [0.717, 1.165) is 12.0 Å². The maximum Gasteiger partial charge on any atom is 0.231 e. The van der Waals surface area contributed by atoms with Gasteiger partial charge in [0.05, 0.1) is 5.41 Å². The molecule has 60 valence electrons. The van der Waals surface area contributed by atoms with E-state index in [-0.39, 0.29) is 5.24 Å². The molecule has 1 nitrogen and oxygen atoms in total. The third-order valence-electron chi connectivity index (χ3n) is 2.31. The Labute approximate surface area is 71.7 Å². The number of halogens is 1. The number of carbonyl (C=O) groups excluding carboxylic acids is 1. The van der Waals surface area contributed by atoms with Crippen LogP contribution in [0.2, 0.25) is 0 Å². The number of allylic oxidation sites excluding steroid dienone is 4. The SMILES string of the molecule is CC1=CC=CCC1(C)C(=O)Cl. The van der Waals surface area contributed by atoms with E-state index in [2.05, 4.69) is 0 Å². The van der Waals surface area contributed by atoms with Crippen LogP contribution in [0.5, 0.6) is 0 Å². The maximum absolute atomic E-state index is 11.0. The summed E-state index contributed by atoms with van der Waals surface area (Å²) in [6.45, 7) is 3.81. The van der Waals surface area contributed by atoms with Crippen molar-refractivity contribution in [2.24, 2.45) is 5.41 Å². The van der Waals surface area contributed by atoms with Crippen LogP contribution >= 0.6 is 11.6 Å². The summed E-state index contributed by atoms with van der Waals surface area (Å²) in [5.41, 5.74) is 0.580. The maximum atomic E-state index is 11.0. The van der Waals surface area contributed by atoms with Gasteiger partial charge < -0.3 is 0 Å². The Balaban J connectivity index is 2.97. The normalized spacial score (nSPS) is 29.9. The summed E-state index contributed by atoms with van der Waals surface area (Å²) in [5, 5.41) is -0.268. The minimum Gasteiger partial charge on any atom is -0.280 e. The van der Waals surface area contributed by atoms with Crippen LogP contribution in [0.25, 0.3) is 0 Å². The fraction of sp³-hybridized carbons (Fsp3) is 0.444. The highest BCUT2D eigenvalue weighted by molar-refractivity contribution is 6.65. The quantitative estimate of drug-likeness (QED) is 0.553. The van der Waals surface area contributed by atoms with Gasteiger partial charge >= 0.3 is 0 Å².